The monoisotopic (exact) mass is 367 g/mol. The van der Waals surface area contributed by atoms with Gasteiger partial charge < -0.3 is 14.7 Å². The van der Waals surface area contributed by atoms with Gasteiger partial charge in [0, 0.05) is 36.3 Å². The summed E-state index contributed by atoms with van der Waals surface area (Å²) in [6, 6.07) is 4.64. The second kappa shape index (κ2) is 6.01. The molecule has 2 aliphatic rings. The molecule has 0 unspecified atom stereocenters. The number of aromatic carboxylic acids is 1. The molecule has 0 bridgehead atoms. The van der Waals surface area contributed by atoms with Crippen molar-refractivity contribution in [3.05, 3.63) is 33.8 Å². The lowest BCUT2D eigenvalue weighted by molar-refractivity contribution is 0.0191. The Morgan fingerprint density at radius 3 is 2.50 bits per heavy atom. The maximum atomic E-state index is 12.7. The molecule has 1 aromatic rings. The Morgan fingerprint density at radius 1 is 1.14 bits per heavy atom. The van der Waals surface area contributed by atoms with Crippen molar-refractivity contribution >= 4 is 27.8 Å². The Bertz CT molecular complexity index is 610. The van der Waals surface area contributed by atoms with Crippen molar-refractivity contribution < 1.29 is 19.4 Å². The van der Waals surface area contributed by atoms with E-state index in [9.17, 15) is 9.59 Å². The van der Waals surface area contributed by atoms with Gasteiger partial charge >= 0.3 is 5.97 Å². The summed E-state index contributed by atoms with van der Waals surface area (Å²) in [6.45, 7) is 3.00. The number of nitrogens with zero attached hydrogens (tertiary/aromatic N) is 1. The molecule has 6 heteroatoms. The van der Waals surface area contributed by atoms with Gasteiger partial charge in [-0.3, -0.25) is 4.79 Å². The van der Waals surface area contributed by atoms with E-state index in [1.54, 1.807) is 6.07 Å². The summed E-state index contributed by atoms with van der Waals surface area (Å²) in [5.41, 5.74) is 0.740. The van der Waals surface area contributed by atoms with Gasteiger partial charge in [-0.05, 0) is 42.9 Å². The van der Waals surface area contributed by atoms with Gasteiger partial charge in [-0.15, -0.1) is 0 Å². The number of hydrogen-bond acceptors (Lipinski definition) is 3. The van der Waals surface area contributed by atoms with Crippen LogP contribution in [-0.2, 0) is 4.74 Å². The van der Waals surface area contributed by atoms with Gasteiger partial charge in [0.05, 0.1) is 5.56 Å². The molecule has 0 saturated carbocycles. The molecular weight excluding hydrogens is 350 g/mol. The number of carboxylic acids is 1. The number of carbonyl (C=O) groups is 2. The fourth-order valence-corrected chi connectivity index (χ4v) is 3.83. The minimum atomic E-state index is -1.03. The summed E-state index contributed by atoms with van der Waals surface area (Å²) in [5, 5.41) is 9.12. The quantitative estimate of drug-likeness (QED) is 0.872. The highest BCUT2D eigenvalue weighted by molar-refractivity contribution is 9.10. The predicted octanol–water partition coefficient (Wildman–Crippen LogP) is 2.79. The number of carboxylic acid groups (broad SMARTS) is 1. The second-order valence-electron chi connectivity index (χ2n) is 6.12. The van der Waals surface area contributed by atoms with Crippen LogP contribution in [0, 0.1) is 5.41 Å². The van der Waals surface area contributed by atoms with Crippen LogP contribution in [0.4, 0.5) is 0 Å². The van der Waals surface area contributed by atoms with E-state index >= 15 is 0 Å². The summed E-state index contributed by atoms with van der Waals surface area (Å²) in [4.78, 5) is 25.7. The molecule has 22 heavy (non-hydrogen) atoms. The lowest BCUT2D eigenvalue weighted by Gasteiger charge is -2.33. The lowest BCUT2D eigenvalue weighted by atomic mass is 9.80. The van der Waals surface area contributed by atoms with Gasteiger partial charge in [0.25, 0.3) is 5.91 Å². The van der Waals surface area contributed by atoms with Crippen molar-refractivity contribution in [3.63, 3.8) is 0 Å². The van der Waals surface area contributed by atoms with E-state index in [1.165, 1.54) is 12.1 Å². The minimum absolute atomic E-state index is 0.0906. The van der Waals surface area contributed by atoms with E-state index < -0.39 is 5.97 Å². The van der Waals surface area contributed by atoms with Crippen LogP contribution < -0.4 is 0 Å². The number of benzene rings is 1. The number of halogens is 1. The Labute approximate surface area is 137 Å². The third-order valence-electron chi connectivity index (χ3n) is 4.67. The van der Waals surface area contributed by atoms with Crippen LogP contribution in [0.15, 0.2) is 22.7 Å². The normalized spacial score (nSPS) is 20.3. The van der Waals surface area contributed by atoms with Crippen molar-refractivity contribution in [1.29, 1.82) is 0 Å². The SMILES string of the molecule is O=C(O)c1cc(Br)cc(C(=O)N2CCC3(CCOCC3)C2)c1. The number of likely N-dealkylation sites (tertiary alicyclic amines) is 1. The van der Waals surface area contributed by atoms with Gasteiger partial charge in [-0.25, -0.2) is 4.79 Å². The Balaban J connectivity index is 1.78. The topological polar surface area (TPSA) is 66.8 Å². The highest BCUT2D eigenvalue weighted by Gasteiger charge is 2.41. The highest BCUT2D eigenvalue weighted by Crippen LogP contribution is 2.40. The predicted molar refractivity (Wildman–Crippen MR) is 84.1 cm³/mol. The van der Waals surface area contributed by atoms with Crippen LogP contribution in [0.25, 0.3) is 0 Å². The van der Waals surface area contributed by atoms with Crippen LogP contribution in [0.1, 0.15) is 40.0 Å². The molecule has 2 heterocycles. The van der Waals surface area contributed by atoms with Gasteiger partial charge in [-0.2, -0.15) is 0 Å². The molecule has 1 spiro atoms. The molecular formula is C16H18BrNO4. The lowest BCUT2D eigenvalue weighted by Crippen LogP contribution is -2.35. The average Bonchev–Trinajstić information content (AvgIpc) is 2.90. The molecule has 1 amide bonds. The third-order valence-corrected chi connectivity index (χ3v) is 5.13. The summed E-state index contributed by atoms with van der Waals surface area (Å²) in [7, 11) is 0. The van der Waals surface area contributed by atoms with E-state index in [2.05, 4.69) is 15.9 Å². The van der Waals surface area contributed by atoms with E-state index in [4.69, 9.17) is 9.84 Å². The molecule has 1 aromatic carbocycles. The van der Waals surface area contributed by atoms with Crippen LogP contribution in [-0.4, -0.2) is 48.2 Å². The fraction of sp³-hybridized carbons (Fsp3) is 0.500. The molecule has 2 fully saturated rings. The van der Waals surface area contributed by atoms with Crippen molar-refractivity contribution in [3.8, 4) is 0 Å². The van der Waals surface area contributed by atoms with Gasteiger partial charge in [0.1, 0.15) is 0 Å². The van der Waals surface area contributed by atoms with E-state index in [0.717, 1.165) is 45.6 Å². The van der Waals surface area contributed by atoms with Crippen molar-refractivity contribution in [1.82, 2.24) is 4.90 Å². The number of hydrogen-bond donors (Lipinski definition) is 1. The Hall–Kier alpha value is -1.40. The number of ether oxygens (including phenoxy) is 1. The zero-order chi connectivity index (χ0) is 15.7. The zero-order valence-electron chi connectivity index (χ0n) is 12.2. The standard InChI is InChI=1S/C16H18BrNO4/c17-13-8-11(7-12(9-13)15(20)21)14(19)18-4-1-16(10-18)2-5-22-6-3-16/h7-9H,1-6,10H2,(H,20,21). The maximum Gasteiger partial charge on any atom is 0.335 e. The summed E-state index contributed by atoms with van der Waals surface area (Å²) >= 11 is 3.28. The number of amides is 1. The molecule has 118 valence electrons. The van der Waals surface area contributed by atoms with Crippen LogP contribution >= 0.6 is 15.9 Å². The Morgan fingerprint density at radius 2 is 1.82 bits per heavy atom. The first kappa shape index (κ1) is 15.5. The van der Waals surface area contributed by atoms with Crippen LogP contribution in [0.3, 0.4) is 0 Å². The van der Waals surface area contributed by atoms with Crippen molar-refractivity contribution in [2.45, 2.75) is 19.3 Å². The van der Waals surface area contributed by atoms with Crippen molar-refractivity contribution in [2.75, 3.05) is 26.3 Å². The molecule has 0 atom stereocenters. The molecule has 3 rings (SSSR count). The molecule has 0 aliphatic carbocycles. The van der Waals surface area contributed by atoms with E-state index in [0.29, 0.717) is 10.0 Å². The maximum absolute atomic E-state index is 12.7. The highest BCUT2D eigenvalue weighted by atomic mass is 79.9. The number of rotatable bonds is 2. The molecule has 0 radical (unpaired) electrons. The smallest absolute Gasteiger partial charge is 0.335 e. The van der Waals surface area contributed by atoms with E-state index in [-0.39, 0.29) is 16.9 Å². The first-order chi connectivity index (χ1) is 10.5. The number of carbonyl (C=O) groups excluding carboxylic acids is 1. The summed E-state index contributed by atoms with van der Waals surface area (Å²) in [6.07, 6.45) is 2.99. The zero-order valence-corrected chi connectivity index (χ0v) is 13.8. The fourth-order valence-electron chi connectivity index (χ4n) is 3.34. The Kier molecular flexibility index (Phi) is 4.23. The average molecular weight is 368 g/mol. The molecule has 2 saturated heterocycles. The molecule has 2 aliphatic heterocycles. The molecule has 1 N–H and O–H groups in total. The summed E-state index contributed by atoms with van der Waals surface area (Å²) in [5.74, 6) is -1.12. The summed E-state index contributed by atoms with van der Waals surface area (Å²) < 4.78 is 6.03. The van der Waals surface area contributed by atoms with Gasteiger partial charge in [0.2, 0.25) is 0 Å². The second-order valence-corrected chi connectivity index (χ2v) is 7.04. The first-order valence-electron chi connectivity index (χ1n) is 7.40. The van der Waals surface area contributed by atoms with Crippen LogP contribution in [0.5, 0.6) is 0 Å². The van der Waals surface area contributed by atoms with Gasteiger partial charge in [-0.1, -0.05) is 15.9 Å². The van der Waals surface area contributed by atoms with Gasteiger partial charge in [0.15, 0.2) is 0 Å². The molecule has 0 aromatic heterocycles. The van der Waals surface area contributed by atoms with Crippen molar-refractivity contribution in [2.24, 2.45) is 5.41 Å². The minimum Gasteiger partial charge on any atom is -0.478 e. The van der Waals surface area contributed by atoms with E-state index in [1.807, 2.05) is 4.90 Å². The molecule has 5 nitrogen and oxygen atoms in total. The first-order valence-corrected chi connectivity index (χ1v) is 8.19. The van der Waals surface area contributed by atoms with Crippen LogP contribution in [0.2, 0.25) is 0 Å². The third kappa shape index (κ3) is 3.03. The largest absolute Gasteiger partial charge is 0.478 e.